The molecule has 1 heterocycles. The normalized spacial score (nSPS) is 10.4. The first kappa shape index (κ1) is 11.0. The van der Waals surface area contributed by atoms with Crippen molar-refractivity contribution in [1.82, 2.24) is 15.0 Å². The van der Waals surface area contributed by atoms with E-state index in [2.05, 4.69) is 15.6 Å². The van der Waals surface area contributed by atoms with Crippen LogP contribution in [0.2, 0.25) is 5.02 Å². The molecule has 0 aliphatic rings. The maximum absolute atomic E-state index is 6.04. The fraction of sp³-hybridized carbons (Fsp3) is 0.273. The molecule has 4 nitrogen and oxygen atoms in total. The van der Waals surface area contributed by atoms with E-state index in [1.807, 2.05) is 35.9 Å². The molecule has 0 fully saturated rings. The van der Waals surface area contributed by atoms with Crippen LogP contribution in [0.4, 0.5) is 5.69 Å². The first-order valence-corrected chi connectivity index (χ1v) is 5.55. The van der Waals surface area contributed by atoms with Crippen molar-refractivity contribution in [3.8, 4) is 0 Å². The highest BCUT2D eigenvalue weighted by Crippen LogP contribution is 2.20. The third-order valence-electron chi connectivity index (χ3n) is 2.33. The smallest absolute Gasteiger partial charge is 0.0777 e. The van der Waals surface area contributed by atoms with Crippen molar-refractivity contribution in [2.24, 2.45) is 0 Å². The fourth-order valence-corrected chi connectivity index (χ4v) is 1.68. The number of nitrogens with one attached hydrogen (secondary N) is 1. The van der Waals surface area contributed by atoms with Gasteiger partial charge in [0.2, 0.25) is 0 Å². The van der Waals surface area contributed by atoms with E-state index in [0.29, 0.717) is 6.54 Å². The summed E-state index contributed by atoms with van der Waals surface area (Å²) in [6.45, 7) is 3.53. The summed E-state index contributed by atoms with van der Waals surface area (Å²) in [6.07, 6.45) is 1.76. The standard InChI is InChI=1S/C11H13ClN4/c1-2-16-9(8-14-15-16)7-13-11-6-4-3-5-10(11)12/h3-6,8,13H,2,7H2,1H3. The van der Waals surface area contributed by atoms with Gasteiger partial charge in [0.1, 0.15) is 0 Å². The topological polar surface area (TPSA) is 42.7 Å². The highest BCUT2D eigenvalue weighted by atomic mass is 35.5. The highest BCUT2D eigenvalue weighted by Gasteiger charge is 2.03. The van der Waals surface area contributed by atoms with E-state index in [9.17, 15) is 0 Å². The molecule has 0 saturated heterocycles. The average Bonchev–Trinajstić information content (AvgIpc) is 2.75. The molecule has 0 spiro atoms. The molecule has 5 heteroatoms. The molecule has 0 radical (unpaired) electrons. The van der Waals surface area contributed by atoms with Crippen LogP contribution in [0, 0.1) is 0 Å². The zero-order valence-electron chi connectivity index (χ0n) is 9.02. The van der Waals surface area contributed by atoms with Crippen LogP contribution in [0.5, 0.6) is 0 Å². The Morgan fingerprint density at radius 2 is 2.19 bits per heavy atom. The minimum Gasteiger partial charge on any atom is -0.378 e. The molecule has 0 amide bonds. The van der Waals surface area contributed by atoms with Crippen molar-refractivity contribution in [3.63, 3.8) is 0 Å². The molecule has 16 heavy (non-hydrogen) atoms. The Balaban J connectivity index is 2.05. The number of hydrogen-bond donors (Lipinski definition) is 1. The molecule has 1 aromatic carbocycles. The second-order valence-electron chi connectivity index (χ2n) is 3.37. The van der Waals surface area contributed by atoms with Crippen LogP contribution in [0.1, 0.15) is 12.6 Å². The number of rotatable bonds is 4. The van der Waals surface area contributed by atoms with Gasteiger partial charge in [-0.2, -0.15) is 0 Å². The van der Waals surface area contributed by atoms with Gasteiger partial charge in [-0.05, 0) is 19.1 Å². The number of para-hydroxylation sites is 1. The predicted molar refractivity (Wildman–Crippen MR) is 64.5 cm³/mol. The van der Waals surface area contributed by atoms with E-state index >= 15 is 0 Å². The van der Waals surface area contributed by atoms with E-state index in [0.717, 1.165) is 22.9 Å². The molecule has 0 bridgehead atoms. The van der Waals surface area contributed by atoms with E-state index < -0.39 is 0 Å². The number of hydrogen-bond acceptors (Lipinski definition) is 3. The van der Waals surface area contributed by atoms with Crippen molar-refractivity contribution in [2.45, 2.75) is 20.0 Å². The first-order chi connectivity index (χ1) is 7.81. The van der Waals surface area contributed by atoms with Crippen LogP contribution in [0.15, 0.2) is 30.5 Å². The number of benzene rings is 1. The molecule has 84 valence electrons. The van der Waals surface area contributed by atoms with E-state index in [1.165, 1.54) is 0 Å². The molecule has 2 rings (SSSR count). The third kappa shape index (κ3) is 2.33. The molecule has 0 aliphatic heterocycles. The summed E-state index contributed by atoms with van der Waals surface area (Å²) in [6, 6.07) is 7.66. The first-order valence-electron chi connectivity index (χ1n) is 5.17. The molecule has 2 aromatic rings. The van der Waals surface area contributed by atoms with Gasteiger partial charge in [-0.15, -0.1) is 5.10 Å². The Bertz CT molecular complexity index is 467. The van der Waals surface area contributed by atoms with Crippen molar-refractivity contribution in [2.75, 3.05) is 5.32 Å². The Morgan fingerprint density at radius 1 is 1.38 bits per heavy atom. The second-order valence-corrected chi connectivity index (χ2v) is 3.78. The van der Waals surface area contributed by atoms with Crippen LogP contribution in [0.25, 0.3) is 0 Å². The van der Waals surface area contributed by atoms with Crippen molar-refractivity contribution < 1.29 is 0 Å². The molecule has 0 aliphatic carbocycles. The zero-order valence-corrected chi connectivity index (χ0v) is 9.78. The van der Waals surface area contributed by atoms with E-state index in [1.54, 1.807) is 6.20 Å². The summed E-state index contributed by atoms with van der Waals surface area (Å²) in [4.78, 5) is 0. The van der Waals surface area contributed by atoms with Gasteiger partial charge < -0.3 is 5.32 Å². The summed E-state index contributed by atoms with van der Waals surface area (Å²) in [5.74, 6) is 0. The van der Waals surface area contributed by atoms with Crippen LogP contribution < -0.4 is 5.32 Å². The molecule has 0 atom stereocenters. The zero-order chi connectivity index (χ0) is 11.4. The average molecular weight is 237 g/mol. The minimum atomic E-state index is 0.671. The van der Waals surface area contributed by atoms with Crippen LogP contribution >= 0.6 is 11.6 Å². The van der Waals surface area contributed by atoms with Crippen LogP contribution in [-0.4, -0.2) is 15.0 Å². The Morgan fingerprint density at radius 3 is 2.94 bits per heavy atom. The molecule has 1 aromatic heterocycles. The molecule has 1 N–H and O–H groups in total. The van der Waals surface area contributed by atoms with Crippen molar-refractivity contribution >= 4 is 17.3 Å². The third-order valence-corrected chi connectivity index (χ3v) is 2.66. The molecule has 0 saturated carbocycles. The van der Waals surface area contributed by atoms with Crippen molar-refractivity contribution in [3.05, 3.63) is 41.2 Å². The van der Waals surface area contributed by atoms with E-state index in [-0.39, 0.29) is 0 Å². The summed E-state index contributed by atoms with van der Waals surface area (Å²) in [5.41, 5.74) is 1.97. The van der Waals surface area contributed by atoms with Gasteiger partial charge in [0, 0.05) is 6.54 Å². The SMILES string of the molecule is CCn1nncc1CNc1ccccc1Cl. The molecular weight excluding hydrogens is 224 g/mol. The van der Waals surface area contributed by atoms with Gasteiger partial charge in [0.05, 0.1) is 29.1 Å². The molecule has 0 unspecified atom stereocenters. The molecular formula is C11H13ClN4. The summed E-state index contributed by atoms with van der Waals surface area (Å²) in [5, 5.41) is 11.8. The largest absolute Gasteiger partial charge is 0.378 e. The monoisotopic (exact) mass is 236 g/mol. The Kier molecular flexibility index (Phi) is 3.41. The lowest BCUT2D eigenvalue weighted by Gasteiger charge is -2.08. The number of nitrogens with zero attached hydrogens (tertiary/aromatic N) is 3. The summed E-state index contributed by atoms with van der Waals surface area (Å²) < 4.78 is 1.85. The number of aryl methyl sites for hydroxylation is 1. The highest BCUT2D eigenvalue weighted by molar-refractivity contribution is 6.33. The van der Waals surface area contributed by atoms with Crippen molar-refractivity contribution in [1.29, 1.82) is 0 Å². The lowest BCUT2D eigenvalue weighted by atomic mass is 10.3. The summed E-state index contributed by atoms with van der Waals surface area (Å²) in [7, 11) is 0. The number of aromatic nitrogens is 3. The fourth-order valence-electron chi connectivity index (χ4n) is 1.47. The number of anilines is 1. The van der Waals surface area contributed by atoms with Crippen LogP contribution in [-0.2, 0) is 13.1 Å². The van der Waals surface area contributed by atoms with Gasteiger partial charge in [0.25, 0.3) is 0 Å². The minimum absolute atomic E-state index is 0.671. The maximum atomic E-state index is 6.04. The van der Waals surface area contributed by atoms with Crippen LogP contribution in [0.3, 0.4) is 0 Å². The quantitative estimate of drug-likeness (QED) is 0.887. The number of halogens is 1. The van der Waals surface area contributed by atoms with Gasteiger partial charge in [0.15, 0.2) is 0 Å². The maximum Gasteiger partial charge on any atom is 0.0777 e. The lowest BCUT2D eigenvalue weighted by molar-refractivity contribution is 0.602. The van der Waals surface area contributed by atoms with Gasteiger partial charge >= 0.3 is 0 Å². The second kappa shape index (κ2) is 4.99. The van der Waals surface area contributed by atoms with Gasteiger partial charge in [-0.1, -0.05) is 28.9 Å². The Hall–Kier alpha value is -1.55. The van der Waals surface area contributed by atoms with E-state index in [4.69, 9.17) is 11.6 Å². The van der Waals surface area contributed by atoms with Gasteiger partial charge in [-0.3, -0.25) is 0 Å². The van der Waals surface area contributed by atoms with Gasteiger partial charge in [-0.25, -0.2) is 4.68 Å². The summed E-state index contributed by atoms with van der Waals surface area (Å²) >= 11 is 6.04. The lowest BCUT2D eigenvalue weighted by Crippen LogP contribution is -2.08. The predicted octanol–water partition coefficient (Wildman–Crippen LogP) is 2.56. The Labute approximate surface area is 99.2 Å².